The van der Waals surface area contributed by atoms with Crippen molar-refractivity contribution in [3.05, 3.63) is 87.3 Å². The van der Waals surface area contributed by atoms with Crippen molar-refractivity contribution < 1.29 is 14.3 Å². The van der Waals surface area contributed by atoms with Gasteiger partial charge in [0.25, 0.3) is 0 Å². The zero-order valence-corrected chi connectivity index (χ0v) is 20.0. The maximum atomic E-state index is 13.2. The highest BCUT2D eigenvalue weighted by Crippen LogP contribution is 2.34. The lowest BCUT2D eigenvalue weighted by molar-refractivity contribution is 0.0698. The molecule has 0 spiro atoms. The number of carbonyl (C=O) groups is 1. The van der Waals surface area contributed by atoms with Crippen LogP contribution in [0, 0.1) is 6.92 Å². The van der Waals surface area contributed by atoms with Gasteiger partial charge in [0.15, 0.2) is 11.3 Å². The molecule has 2 aromatic carbocycles. The van der Waals surface area contributed by atoms with Crippen LogP contribution in [-0.2, 0) is 7.05 Å². The van der Waals surface area contributed by atoms with Gasteiger partial charge in [-0.2, -0.15) is 5.10 Å². The summed E-state index contributed by atoms with van der Waals surface area (Å²) in [5.41, 5.74) is 4.05. The third-order valence-corrected chi connectivity index (χ3v) is 6.76. The van der Waals surface area contributed by atoms with Crippen LogP contribution in [0.5, 0.6) is 0 Å². The van der Waals surface area contributed by atoms with Crippen LogP contribution in [0.25, 0.3) is 11.0 Å². The van der Waals surface area contributed by atoms with Gasteiger partial charge in [0.2, 0.25) is 0 Å². The van der Waals surface area contributed by atoms with E-state index in [1.54, 1.807) is 36.5 Å². The second kappa shape index (κ2) is 8.94. The Bertz CT molecular complexity index is 1470. The van der Waals surface area contributed by atoms with E-state index in [1.807, 2.05) is 43.8 Å². The van der Waals surface area contributed by atoms with Gasteiger partial charge in [0.1, 0.15) is 5.58 Å². The molecule has 1 aliphatic heterocycles. The first-order valence-corrected chi connectivity index (χ1v) is 11.7. The highest BCUT2D eigenvalue weighted by molar-refractivity contribution is 5.94. The van der Waals surface area contributed by atoms with Crippen LogP contribution in [0.2, 0.25) is 0 Å². The molecule has 2 unspecified atom stereocenters. The van der Waals surface area contributed by atoms with Crippen molar-refractivity contribution in [2.24, 2.45) is 7.05 Å². The minimum Gasteiger partial charge on any atom is -0.478 e. The quantitative estimate of drug-likeness (QED) is 0.419. The van der Waals surface area contributed by atoms with Crippen molar-refractivity contribution in [3.8, 4) is 0 Å². The van der Waals surface area contributed by atoms with Gasteiger partial charge in [0, 0.05) is 55.3 Å². The summed E-state index contributed by atoms with van der Waals surface area (Å²) in [5.74, 6) is -0.135. The number of carboxylic acids is 1. The fourth-order valence-corrected chi connectivity index (χ4v) is 4.99. The van der Waals surface area contributed by atoms with Crippen molar-refractivity contribution in [3.63, 3.8) is 0 Å². The van der Waals surface area contributed by atoms with E-state index in [4.69, 9.17) is 4.42 Å². The number of fused-ring (bicyclic) bond motifs is 1. The van der Waals surface area contributed by atoms with Crippen molar-refractivity contribution >= 4 is 28.5 Å². The molecule has 0 aliphatic carbocycles. The molecular weight excluding hydrogens is 444 g/mol. The number of carboxylic acid groups (broad SMARTS) is 1. The molecular formula is C27H28N4O4. The Kier molecular flexibility index (Phi) is 5.80. The monoisotopic (exact) mass is 472 g/mol. The predicted octanol–water partition coefficient (Wildman–Crippen LogP) is 4.70. The summed E-state index contributed by atoms with van der Waals surface area (Å²) in [5, 5.41) is 17.7. The third kappa shape index (κ3) is 4.27. The third-order valence-electron chi connectivity index (χ3n) is 6.76. The smallest absolute Gasteiger partial charge is 0.337 e. The molecule has 1 fully saturated rings. The van der Waals surface area contributed by atoms with E-state index in [0.29, 0.717) is 28.5 Å². The molecule has 2 N–H and O–H groups in total. The Morgan fingerprint density at radius 3 is 2.77 bits per heavy atom. The van der Waals surface area contributed by atoms with E-state index < -0.39 is 5.97 Å². The topological polar surface area (TPSA) is 101 Å². The molecule has 0 amide bonds. The standard InChI is InChI=1S/C27H28N4O4/c1-16-12-20(17(2)29-22-7-5-4-6-19(22)27(33)34)26-21(13-16)24(32)14-25(35-26)31-11-9-18(15-31)23-8-10-28-30(23)3/h4-8,10,12-14,17-18,29H,9,11,15H2,1-3H3,(H,33,34). The van der Waals surface area contributed by atoms with Crippen LogP contribution in [0.4, 0.5) is 11.6 Å². The molecule has 180 valence electrons. The lowest BCUT2D eigenvalue weighted by atomic mass is 10.0. The molecule has 0 bridgehead atoms. The van der Waals surface area contributed by atoms with E-state index >= 15 is 0 Å². The van der Waals surface area contributed by atoms with E-state index in [1.165, 1.54) is 5.69 Å². The highest BCUT2D eigenvalue weighted by Gasteiger charge is 2.28. The fourth-order valence-electron chi connectivity index (χ4n) is 4.99. The van der Waals surface area contributed by atoms with Gasteiger partial charge in [-0.05, 0) is 50.1 Å². The van der Waals surface area contributed by atoms with Gasteiger partial charge in [-0.3, -0.25) is 9.48 Å². The number of anilines is 2. The Labute approximate surface area is 202 Å². The molecule has 8 heteroatoms. The van der Waals surface area contributed by atoms with Crippen LogP contribution in [-0.4, -0.2) is 33.9 Å². The SMILES string of the molecule is Cc1cc(C(C)Nc2ccccc2C(=O)O)c2oc(N3CCC(c4ccnn4C)C3)cc(=O)c2c1. The van der Waals surface area contributed by atoms with Gasteiger partial charge >= 0.3 is 5.97 Å². The maximum Gasteiger partial charge on any atom is 0.337 e. The second-order valence-corrected chi connectivity index (χ2v) is 9.21. The van der Waals surface area contributed by atoms with Crippen molar-refractivity contribution in [2.45, 2.75) is 32.2 Å². The van der Waals surface area contributed by atoms with Gasteiger partial charge < -0.3 is 19.7 Å². The number of benzene rings is 2. The van der Waals surface area contributed by atoms with Crippen LogP contribution >= 0.6 is 0 Å². The van der Waals surface area contributed by atoms with Crippen LogP contribution in [0.3, 0.4) is 0 Å². The van der Waals surface area contributed by atoms with E-state index in [0.717, 1.165) is 30.6 Å². The number of aromatic nitrogens is 2. The number of nitrogens with zero attached hydrogens (tertiary/aromatic N) is 3. The summed E-state index contributed by atoms with van der Waals surface area (Å²) in [6, 6.07) is 13.9. The van der Waals surface area contributed by atoms with Gasteiger partial charge in [-0.25, -0.2) is 4.79 Å². The Balaban J connectivity index is 1.51. The molecule has 35 heavy (non-hydrogen) atoms. The predicted molar refractivity (Wildman–Crippen MR) is 135 cm³/mol. The first kappa shape index (κ1) is 22.7. The zero-order chi connectivity index (χ0) is 24.7. The van der Waals surface area contributed by atoms with Crippen molar-refractivity contribution in [1.29, 1.82) is 0 Å². The molecule has 3 heterocycles. The molecule has 2 atom stereocenters. The van der Waals surface area contributed by atoms with E-state index in [2.05, 4.69) is 15.3 Å². The number of nitrogens with one attached hydrogen (secondary N) is 1. The minimum absolute atomic E-state index is 0.0895. The Hall–Kier alpha value is -4.07. The summed E-state index contributed by atoms with van der Waals surface area (Å²) in [6.07, 6.45) is 2.76. The Morgan fingerprint density at radius 1 is 1.23 bits per heavy atom. The molecule has 1 saturated heterocycles. The fraction of sp³-hybridized carbons (Fsp3) is 0.296. The highest BCUT2D eigenvalue weighted by atomic mass is 16.4. The van der Waals surface area contributed by atoms with Gasteiger partial charge in [0.05, 0.1) is 17.0 Å². The van der Waals surface area contributed by atoms with E-state index in [-0.39, 0.29) is 17.0 Å². The number of aromatic carboxylic acids is 1. The summed E-state index contributed by atoms with van der Waals surface area (Å²) in [4.78, 5) is 26.9. The molecule has 4 aromatic rings. The van der Waals surface area contributed by atoms with Crippen molar-refractivity contribution in [2.75, 3.05) is 23.3 Å². The largest absolute Gasteiger partial charge is 0.478 e. The summed E-state index contributed by atoms with van der Waals surface area (Å²) >= 11 is 0. The van der Waals surface area contributed by atoms with Crippen LogP contribution in [0.15, 0.2) is 63.9 Å². The summed E-state index contributed by atoms with van der Waals surface area (Å²) in [6.45, 7) is 5.40. The maximum absolute atomic E-state index is 13.2. The lowest BCUT2D eigenvalue weighted by Gasteiger charge is -2.21. The van der Waals surface area contributed by atoms with Gasteiger partial charge in [-0.15, -0.1) is 0 Å². The van der Waals surface area contributed by atoms with Crippen LogP contribution in [0.1, 0.15) is 52.5 Å². The Morgan fingerprint density at radius 2 is 2.03 bits per heavy atom. The average molecular weight is 473 g/mol. The van der Waals surface area contributed by atoms with Crippen LogP contribution < -0.4 is 15.6 Å². The van der Waals surface area contributed by atoms with Gasteiger partial charge in [-0.1, -0.05) is 18.2 Å². The number of hydrogen-bond donors (Lipinski definition) is 2. The summed E-state index contributed by atoms with van der Waals surface area (Å²) in [7, 11) is 1.94. The molecule has 8 nitrogen and oxygen atoms in total. The van der Waals surface area contributed by atoms with Crippen molar-refractivity contribution in [1.82, 2.24) is 9.78 Å². The number of rotatable bonds is 6. The summed E-state index contributed by atoms with van der Waals surface area (Å²) < 4.78 is 8.29. The number of aryl methyl sites for hydroxylation is 2. The first-order chi connectivity index (χ1) is 16.8. The number of para-hydroxylation sites is 1. The lowest BCUT2D eigenvalue weighted by Crippen LogP contribution is -2.21. The molecule has 2 aromatic heterocycles. The zero-order valence-electron chi connectivity index (χ0n) is 20.0. The van der Waals surface area contributed by atoms with E-state index in [9.17, 15) is 14.7 Å². The minimum atomic E-state index is -1.000. The second-order valence-electron chi connectivity index (χ2n) is 9.21. The average Bonchev–Trinajstić information content (AvgIpc) is 3.48. The molecule has 1 aliphatic rings. The first-order valence-electron chi connectivity index (χ1n) is 11.7. The molecule has 0 radical (unpaired) electrons. The number of hydrogen-bond acceptors (Lipinski definition) is 6. The molecule has 0 saturated carbocycles. The molecule has 5 rings (SSSR count). The normalized spacial score (nSPS) is 16.5.